The fraction of sp³-hybridized carbons (Fsp3) is 0.450. The number of nitrogens with zero attached hydrogens (tertiary/aromatic N) is 1. The Morgan fingerprint density at radius 3 is 2.76 bits per heavy atom. The molecule has 133 valence electrons. The monoisotopic (exact) mass is 415 g/mol. The van der Waals surface area contributed by atoms with E-state index in [1.54, 1.807) is 0 Å². The van der Waals surface area contributed by atoms with Crippen LogP contribution in [0, 0.1) is 12.1 Å². The number of carbonyl (C=O) groups is 2. The zero-order chi connectivity index (χ0) is 17.5. The van der Waals surface area contributed by atoms with Crippen molar-refractivity contribution in [2.45, 2.75) is 45.4 Å². The van der Waals surface area contributed by atoms with Crippen molar-refractivity contribution in [2.75, 3.05) is 13.1 Å². The van der Waals surface area contributed by atoms with Gasteiger partial charge in [-0.2, -0.15) is 19.2 Å². The quantitative estimate of drug-likeness (QED) is 0.610. The molecule has 1 heterocycles. The number of likely N-dealkylation sites (tertiary alicyclic amines) is 1. The molecule has 1 fully saturated rings. The Kier molecular flexibility index (Phi) is 9.44. The third-order valence-corrected chi connectivity index (χ3v) is 4.57. The molecule has 0 aromatic heterocycles. The average molecular weight is 415 g/mol. The van der Waals surface area contributed by atoms with Crippen LogP contribution in [0.2, 0.25) is 0 Å². The molecule has 25 heavy (non-hydrogen) atoms. The van der Waals surface area contributed by atoms with Crippen LogP contribution in [0.25, 0.3) is 0 Å². The molecule has 1 atom stereocenters. The minimum atomic E-state index is -0.172. The standard InChI is InChI=1S/C18H20N2O2.C2H6.Y/c1-2-19-17(21)14-10-11-20(12-14)18(22)16-9-5-7-13-6-3-4-8-15(13)16;1-2;/h3-4,6,8,16H,1,5,7,9-12H2,(H,19,21);1-2H3;/q-2;;. The van der Waals surface area contributed by atoms with E-state index in [4.69, 9.17) is 0 Å². The van der Waals surface area contributed by atoms with Crippen molar-refractivity contribution in [1.82, 2.24) is 10.2 Å². The van der Waals surface area contributed by atoms with Crippen molar-refractivity contribution in [3.63, 3.8) is 0 Å². The zero-order valence-corrected chi connectivity index (χ0v) is 18.0. The van der Waals surface area contributed by atoms with Gasteiger partial charge in [0.2, 0.25) is 5.91 Å². The van der Waals surface area contributed by atoms with Gasteiger partial charge in [0.25, 0.3) is 0 Å². The normalized spacial score (nSPS) is 18.2. The van der Waals surface area contributed by atoms with E-state index in [1.807, 2.05) is 30.9 Å². The summed E-state index contributed by atoms with van der Waals surface area (Å²) in [5, 5.41) is 2.47. The maximum atomic E-state index is 12.8. The van der Waals surface area contributed by atoms with Gasteiger partial charge in [-0.25, -0.2) is 0 Å². The van der Waals surface area contributed by atoms with Gasteiger partial charge in [0.05, 0.1) is 5.92 Å². The van der Waals surface area contributed by atoms with Crippen LogP contribution in [0.3, 0.4) is 0 Å². The van der Waals surface area contributed by atoms with Crippen molar-refractivity contribution < 1.29 is 42.3 Å². The van der Waals surface area contributed by atoms with E-state index >= 15 is 0 Å². The Hall–Kier alpha value is -1.13. The van der Waals surface area contributed by atoms with Gasteiger partial charge in [-0.3, -0.25) is 4.79 Å². The molecule has 0 bridgehead atoms. The molecule has 3 rings (SSSR count). The van der Waals surface area contributed by atoms with Crippen LogP contribution in [0.4, 0.5) is 0 Å². The van der Waals surface area contributed by atoms with Gasteiger partial charge in [-0.05, 0) is 36.9 Å². The van der Waals surface area contributed by atoms with Crippen molar-refractivity contribution >= 4 is 11.8 Å². The fourth-order valence-corrected chi connectivity index (χ4v) is 3.43. The number of benzene rings is 1. The van der Waals surface area contributed by atoms with Crippen molar-refractivity contribution in [1.29, 1.82) is 0 Å². The molecule has 1 aromatic rings. The van der Waals surface area contributed by atoms with Crippen molar-refractivity contribution in [3.05, 3.63) is 54.1 Å². The van der Waals surface area contributed by atoms with Crippen LogP contribution in [0.1, 0.15) is 50.2 Å². The molecule has 1 saturated heterocycles. The number of hydrogen-bond donors (Lipinski definition) is 1. The molecule has 2 aliphatic rings. The van der Waals surface area contributed by atoms with Crippen LogP contribution >= 0.6 is 0 Å². The molecule has 1 aliphatic heterocycles. The van der Waals surface area contributed by atoms with Gasteiger partial charge in [0, 0.05) is 32.7 Å². The fourth-order valence-electron chi connectivity index (χ4n) is 3.43. The molecule has 1 unspecified atom stereocenters. The van der Waals surface area contributed by atoms with Gasteiger partial charge in [0.1, 0.15) is 0 Å². The number of aryl methyl sites for hydroxylation is 1. The molecule has 2 amide bonds. The number of nitrogens with one attached hydrogen (secondary N) is 1. The summed E-state index contributed by atoms with van der Waals surface area (Å²) in [6, 6.07) is 8.21. The third kappa shape index (κ3) is 5.18. The second-order valence-electron chi connectivity index (χ2n) is 5.89. The molecule has 1 aliphatic carbocycles. The molecule has 1 N–H and O–H groups in total. The number of carbonyl (C=O) groups excluding carboxylic acids is 2. The third-order valence-electron chi connectivity index (χ3n) is 4.57. The molecule has 0 saturated carbocycles. The van der Waals surface area contributed by atoms with Crippen LogP contribution in [-0.2, 0) is 48.7 Å². The minimum absolute atomic E-state index is 0. The second kappa shape index (κ2) is 10.8. The van der Waals surface area contributed by atoms with Crippen molar-refractivity contribution in [2.24, 2.45) is 0 Å². The first kappa shape index (κ1) is 21.9. The van der Waals surface area contributed by atoms with E-state index < -0.39 is 0 Å². The minimum Gasteiger partial charge on any atom is -0.521 e. The molecular weight excluding hydrogens is 389 g/mol. The number of amides is 2. The van der Waals surface area contributed by atoms with Gasteiger partial charge < -0.3 is 20.9 Å². The number of rotatable bonds is 3. The maximum absolute atomic E-state index is 12.8. The molecule has 0 spiro atoms. The summed E-state index contributed by atoms with van der Waals surface area (Å²) in [4.78, 5) is 26.5. The summed E-state index contributed by atoms with van der Waals surface area (Å²) in [5.41, 5.74) is 2.45. The maximum Gasteiger partial charge on any atom is 0.227 e. The predicted octanol–water partition coefficient (Wildman–Crippen LogP) is 3.00. The Morgan fingerprint density at radius 2 is 2.04 bits per heavy atom. The smallest absolute Gasteiger partial charge is 0.227 e. The van der Waals surface area contributed by atoms with Crippen LogP contribution in [0.15, 0.2) is 30.8 Å². The molecular formula is C20H26N2O2Y-2. The SMILES string of the molecule is C=[C-]NC(=O)[C-]1CCN(C(=O)C2CCCc3ccccc32)C1.CC.[Y]. The van der Waals surface area contributed by atoms with E-state index in [-0.39, 0.29) is 50.4 Å². The summed E-state index contributed by atoms with van der Waals surface area (Å²) >= 11 is 0. The molecule has 1 radical (unpaired) electrons. The van der Waals surface area contributed by atoms with Crippen LogP contribution < -0.4 is 5.32 Å². The summed E-state index contributed by atoms with van der Waals surface area (Å²) in [6.45, 7) is 8.42. The van der Waals surface area contributed by atoms with Gasteiger partial charge in [0.15, 0.2) is 0 Å². The first-order valence-corrected chi connectivity index (χ1v) is 8.74. The first-order valence-electron chi connectivity index (χ1n) is 8.74. The Morgan fingerprint density at radius 1 is 1.32 bits per heavy atom. The Balaban J connectivity index is 0.00000101. The van der Waals surface area contributed by atoms with E-state index in [0.29, 0.717) is 19.5 Å². The second-order valence-corrected chi connectivity index (χ2v) is 5.89. The summed E-state index contributed by atoms with van der Waals surface area (Å²) in [5.74, 6) is 0.652. The predicted molar refractivity (Wildman–Crippen MR) is 94.9 cm³/mol. The molecule has 1 aromatic carbocycles. The van der Waals surface area contributed by atoms with Crippen molar-refractivity contribution in [3.8, 4) is 0 Å². The molecule has 5 heteroatoms. The van der Waals surface area contributed by atoms with Crippen LogP contribution in [-0.4, -0.2) is 29.8 Å². The largest absolute Gasteiger partial charge is 0.521 e. The zero-order valence-electron chi connectivity index (χ0n) is 15.2. The van der Waals surface area contributed by atoms with Gasteiger partial charge in [-0.1, -0.05) is 50.6 Å². The Labute approximate surface area is 176 Å². The van der Waals surface area contributed by atoms with Gasteiger partial charge >= 0.3 is 0 Å². The Bertz CT molecular complexity index is 603. The summed E-state index contributed by atoms with van der Waals surface area (Å²) in [6.07, 6.45) is 6.02. The number of hydrogen-bond acceptors (Lipinski definition) is 2. The number of fused-ring (bicyclic) bond motifs is 1. The van der Waals surface area contributed by atoms with E-state index in [0.717, 1.165) is 30.7 Å². The average Bonchev–Trinajstić information content (AvgIpc) is 3.13. The van der Waals surface area contributed by atoms with Crippen LogP contribution in [0.5, 0.6) is 0 Å². The summed E-state index contributed by atoms with van der Waals surface area (Å²) in [7, 11) is 0. The molecule has 4 nitrogen and oxygen atoms in total. The first-order chi connectivity index (χ1) is 11.7. The van der Waals surface area contributed by atoms with E-state index in [1.165, 1.54) is 5.56 Å². The topological polar surface area (TPSA) is 49.4 Å². The summed E-state index contributed by atoms with van der Waals surface area (Å²) < 4.78 is 0. The van der Waals surface area contributed by atoms with E-state index in [9.17, 15) is 9.59 Å². The van der Waals surface area contributed by atoms with E-state index in [2.05, 4.69) is 30.2 Å². The van der Waals surface area contributed by atoms with Gasteiger partial charge in [-0.15, -0.1) is 0 Å².